The maximum absolute atomic E-state index is 10.1. The van der Waals surface area contributed by atoms with Gasteiger partial charge >= 0.3 is 0 Å². The van der Waals surface area contributed by atoms with Gasteiger partial charge in [-0.2, -0.15) is 0 Å². The number of aromatic nitrogens is 2. The second-order valence-electron chi connectivity index (χ2n) is 6.71. The van der Waals surface area contributed by atoms with Crippen LogP contribution in [0.2, 0.25) is 0 Å². The molecule has 2 fully saturated rings. The van der Waals surface area contributed by atoms with Gasteiger partial charge in [0.1, 0.15) is 11.6 Å². The highest BCUT2D eigenvalue weighted by Crippen LogP contribution is 2.34. The Morgan fingerprint density at radius 1 is 1.17 bits per heavy atom. The van der Waals surface area contributed by atoms with Gasteiger partial charge in [-0.15, -0.1) is 0 Å². The zero-order chi connectivity index (χ0) is 16.0. The molecule has 120 valence electrons. The predicted molar refractivity (Wildman–Crippen MR) is 90.6 cm³/mol. The van der Waals surface area contributed by atoms with Crippen LogP contribution in [0.25, 0.3) is 11.4 Å². The number of hydrogen-bond donors (Lipinski definition) is 1. The van der Waals surface area contributed by atoms with Crippen molar-refractivity contribution >= 4 is 5.82 Å². The summed E-state index contributed by atoms with van der Waals surface area (Å²) in [5.41, 5.74) is 1.62. The van der Waals surface area contributed by atoms with E-state index in [0.717, 1.165) is 30.5 Å². The van der Waals surface area contributed by atoms with Crippen LogP contribution >= 0.6 is 0 Å². The van der Waals surface area contributed by atoms with E-state index in [9.17, 15) is 5.11 Å². The van der Waals surface area contributed by atoms with E-state index in [1.807, 2.05) is 31.2 Å². The third kappa shape index (κ3) is 2.55. The van der Waals surface area contributed by atoms with Crippen LogP contribution < -0.4 is 4.90 Å². The molecule has 23 heavy (non-hydrogen) atoms. The lowest BCUT2D eigenvalue weighted by Crippen LogP contribution is -2.32. The molecule has 0 radical (unpaired) electrons. The van der Waals surface area contributed by atoms with E-state index >= 15 is 0 Å². The summed E-state index contributed by atoms with van der Waals surface area (Å²) in [6.07, 6.45) is 1.27. The normalized spacial score (nSPS) is 24.2. The zero-order valence-electron chi connectivity index (χ0n) is 13.6. The number of nitrogens with zero attached hydrogens (tertiary/aromatic N) is 4. The second kappa shape index (κ2) is 5.49. The molecule has 0 amide bonds. The summed E-state index contributed by atoms with van der Waals surface area (Å²) >= 11 is 0. The molecule has 4 rings (SSSR count). The van der Waals surface area contributed by atoms with Gasteiger partial charge in [0.05, 0.1) is 5.56 Å². The molecule has 1 N–H and O–H groups in total. The third-order valence-electron chi connectivity index (χ3n) is 5.13. The Kier molecular flexibility index (Phi) is 3.45. The third-order valence-corrected chi connectivity index (χ3v) is 5.13. The summed E-state index contributed by atoms with van der Waals surface area (Å²) in [7, 11) is 2.22. The number of anilines is 1. The number of phenols is 1. The summed E-state index contributed by atoms with van der Waals surface area (Å²) in [5.74, 6) is 2.54. The topological polar surface area (TPSA) is 52.5 Å². The fourth-order valence-electron chi connectivity index (χ4n) is 3.86. The van der Waals surface area contributed by atoms with E-state index < -0.39 is 0 Å². The van der Waals surface area contributed by atoms with Gasteiger partial charge in [0, 0.05) is 30.9 Å². The lowest BCUT2D eigenvalue weighted by atomic mass is 10.1. The summed E-state index contributed by atoms with van der Waals surface area (Å²) < 4.78 is 0. The van der Waals surface area contributed by atoms with Crippen LogP contribution in [0.15, 0.2) is 30.3 Å². The molecule has 5 heteroatoms. The highest BCUT2D eigenvalue weighted by Gasteiger charge is 2.40. The van der Waals surface area contributed by atoms with Crippen molar-refractivity contribution in [1.82, 2.24) is 14.9 Å². The highest BCUT2D eigenvalue weighted by molar-refractivity contribution is 5.65. The summed E-state index contributed by atoms with van der Waals surface area (Å²) in [4.78, 5) is 14.1. The highest BCUT2D eigenvalue weighted by atomic mass is 16.3. The molecule has 0 bridgehead atoms. The molecule has 0 saturated carbocycles. The van der Waals surface area contributed by atoms with Gasteiger partial charge in [-0.25, -0.2) is 9.97 Å². The van der Waals surface area contributed by atoms with Crippen LogP contribution in [-0.4, -0.2) is 52.7 Å². The first kappa shape index (κ1) is 14.5. The predicted octanol–water partition coefficient (Wildman–Crippen LogP) is 2.30. The van der Waals surface area contributed by atoms with Gasteiger partial charge in [0.2, 0.25) is 0 Å². The summed E-state index contributed by atoms with van der Waals surface area (Å²) in [6.45, 7) is 5.27. The van der Waals surface area contributed by atoms with Crippen molar-refractivity contribution in [1.29, 1.82) is 0 Å². The molecule has 0 unspecified atom stereocenters. The van der Waals surface area contributed by atoms with Gasteiger partial charge in [-0.1, -0.05) is 12.1 Å². The first-order valence-electron chi connectivity index (χ1n) is 8.21. The quantitative estimate of drug-likeness (QED) is 0.922. The van der Waals surface area contributed by atoms with Crippen molar-refractivity contribution in [3.05, 3.63) is 36.0 Å². The van der Waals surface area contributed by atoms with E-state index in [1.54, 1.807) is 6.07 Å². The van der Waals surface area contributed by atoms with Crippen molar-refractivity contribution in [3.8, 4) is 17.1 Å². The Labute approximate surface area is 136 Å². The maximum Gasteiger partial charge on any atom is 0.165 e. The molecule has 3 heterocycles. The number of fused-ring (bicyclic) bond motifs is 1. The van der Waals surface area contributed by atoms with Crippen LogP contribution in [0.5, 0.6) is 5.75 Å². The minimum Gasteiger partial charge on any atom is -0.507 e. The smallest absolute Gasteiger partial charge is 0.165 e. The SMILES string of the molecule is Cc1cc(N2C[C@@H]3CCN(C)[C@@H]3C2)nc(-c2ccccc2O)n1. The van der Waals surface area contributed by atoms with Crippen LogP contribution in [-0.2, 0) is 0 Å². The maximum atomic E-state index is 10.1. The molecule has 0 spiro atoms. The second-order valence-corrected chi connectivity index (χ2v) is 6.71. The number of hydrogen-bond acceptors (Lipinski definition) is 5. The number of para-hydroxylation sites is 1. The minimum absolute atomic E-state index is 0.224. The standard InChI is InChI=1S/C18H22N4O/c1-12-9-17(22-10-13-7-8-21(2)15(13)11-22)20-18(19-12)14-5-3-4-6-16(14)23/h3-6,9,13,15,23H,7-8,10-11H2,1-2H3/t13-,15+/m0/s1. The average Bonchev–Trinajstić information content (AvgIpc) is 3.10. The monoisotopic (exact) mass is 310 g/mol. The Hall–Kier alpha value is -2.14. The molecule has 1 aromatic heterocycles. The molecule has 1 aromatic carbocycles. The number of aromatic hydroxyl groups is 1. The van der Waals surface area contributed by atoms with E-state index in [2.05, 4.69) is 21.8 Å². The van der Waals surface area contributed by atoms with Crippen LogP contribution in [0.4, 0.5) is 5.82 Å². The van der Waals surface area contributed by atoms with E-state index in [4.69, 9.17) is 4.98 Å². The molecular formula is C18H22N4O. The number of aryl methyl sites for hydroxylation is 1. The molecule has 5 nitrogen and oxygen atoms in total. The molecule has 2 saturated heterocycles. The van der Waals surface area contributed by atoms with Crippen molar-refractivity contribution < 1.29 is 5.11 Å². The van der Waals surface area contributed by atoms with Crippen molar-refractivity contribution in [2.45, 2.75) is 19.4 Å². The molecule has 2 aliphatic rings. The Morgan fingerprint density at radius 3 is 2.78 bits per heavy atom. The summed E-state index contributed by atoms with van der Waals surface area (Å²) in [6, 6.07) is 9.93. The van der Waals surface area contributed by atoms with E-state index in [1.165, 1.54) is 13.0 Å². The first-order valence-corrected chi connectivity index (χ1v) is 8.21. The molecule has 2 atom stereocenters. The fourth-order valence-corrected chi connectivity index (χ4v) is 3.86. The zero-order valence-corrected chi connectivity index (χ0v) is 13.6. The Bertz CT molecular complexity index is 733. The van der Waals surface area contributed by atoms with Crippen LogP contribution in [0.1, 0.15) is 12.1 Å². The van der Waals surface area contributed by atoms with Gasteiger partial charge in [0.15, 0.2) is 5.82 Å². The molecule has 2 aromatic rings. The number of rotatable bonds is 2. The molecule has 2 aliphatic heterocycles. The first-order chi connectivity index (χ1) is 11.1. The fraction of sp³-hybridized carbons (Fsp3) is 0.444. The largest absolute Gasteiger partial charge is 0.507 e. The lowest BCUT2D eigenvalue weighted by molar-refractivity contribution is 0.310. The van der Waals surface area contributed by atoms with E-state index in [0.29, 0.717) is 17.4 Å². The van der Waals surface area contributed by atoms with Crippen molar-refractivity contribution in [3.63, 3.8) is 0 Å². The van der Waals surface area contributed by atoms with Gasteiger partial charge in [-0.3, -0.25) is 0 Å². The molecule has 0 aliphatic carbocycles. The Morgan fingerprint density at radius 2 is 2.00 bits per heavy atom. The minimum atomic E-state index is 0.224. The van der Waals surface area contributed by atoms with Gasteiger partial charge in [0.25, 0.3) is 0 Å². The van der Waals surface area contributed by atoms with Gasteiger partial charge in [-0.05, 0) is 45.0 Å². The average molecular weight is 310 g/mol. The number of likely N-dealkylation sites (N-methyl/N-ethyl adjacent to an activating group) is 1. The lowest BCUT2D eigenvalue weighted by Gasteiger charge is -2.22. The number of phenolic OH excluding ortho intramolecular Hbond substituents is 1. The van der Waals surface area contributed by atoms with Crippen LogP contribution in [0.3, 0.4) is 0 Å². The van der Waals surface area contributed by atoms with Crippen LogP contribution in [0, 0.1) is 12.8 Å². The summed E-state index contributed by atoms with van der Waals surface area (Å²) in [5, 5.41) is 10.1. The van der Waals surface area contributed by atoms with Gasteiger partial charge < -0.3 is 14.9 Å². The van der Waals surface area contributed by atoms with E-state index in [-0.39, 0.29) is 5.75 Å². The van der Waals surface area contributed by atoms with Crippen molar-refractivity contribution in [2.24, 2.45) is 5.92 Å². The number of likely N-dealkylation sites (tertiary alicyclic amines) is 1. The number of benzene rings is 1. The molecular weight excluding hydrogens is 288 g/mol. The van der Waals surface area contributed by atoms with Crippen molar-refractivity contribution in [2.75, 3.05) is 31.6 Å². The Balaban J connectivity index is 1.67.